The Bertz CT molecular complexity index is 854. The van der Waals surface area contributed by atoms with E-state index in [1.807, 2.05) is 30.3 Å². The van der Waals surface area contributed by atoms with Gasteiger partial charge in [-0.3, -0.25) is 9.59 Å². The molecule has 2 aromatic carbocycles. The van der Waals surface area contributed by atoms with E-state index in [-0.39, 0.29) is 29.8 Å². The highest BCUT2D eigenvalue weighted by Gasteiger charge is 2.08. The van der Waals surface area contributed by atoms with Crippen LogP contribution in [0.5, 0.6) is 5.75 Å². The van der Waals surface area contributed by atoms with Crippen LogP contribution in [0.15, 0.2) is 67.3 Å². The number of amides is 1. The summed E-state index contributed by atoms with van der Waals surface area (Å²) in [5.41, 5.74) is 1.95. The molecule has 2 rings (SSSR count). The van der Waals surface area contributed by atoms with Crippen LogP contribution in [0.4, 0.5) is 5.69 Å². The summed E-state index contributed by atoms with van der Waals surface area (Å²) in [6.07, 6.45) is 4.10. The van der Waals surface area contributed by atoms with Crippen LogP contribution in [-0.2, 0) is 20.7 Å². The third-order valence-electron chi connectivity index (χ3n) is 4.23. The SMILES string of the molecule is C=CCOc1ccc(NC(=S)NC(=O)CCCC(=O)OCCCc2ccccc2)cc1. The molecule has 2 N–H and O–H groups in total. The third kappa shape index (κ3) is 10.4. The Balaban J connectivity index is 1.55. The van der Waals surface area contributed by atoms with Crippen LogP contribution in [0, 0.1) is 0 Å². The van der Waals surface area contributed by atoms with Crippen LogP contribution in [0.3, 0.4) is 0 Å². The normalized spacial score (nSPS) is 10.1. The number of rotatable bonds is 12. The van der Waals surface area contributed by atoms with Gasteiger partial charge in [-0.1, -0.05) is 43.0 Å². The lowest BCUT2D eigenvalue weighted by Crippen LogP contribution is -2.34. The number of carbonyl (C=O) groups is 2. The van der Waals surface area contributed by atoms with Crippen molar-refractivity contribution in [2.45, 2.75) is 32.1 Å². The van der Waals surface area contributed by atoms with Gasteiger partial charge in [-0.15, -0.1) is 0 Å². The molecule has 6 nitrogen and oxygen atoms in total. The van der Waals surface area contributed by atoms with Gasteiger partial charge < -0.3 is 20.1 Å². The second kappa shape index (κ2) is 13.9. The van der Waals surface area contributed by atoms with Gasteiger partial charge in [-0.05, 0) is 61.3 Å². The van der Waals surface area contributed by atoms with Crippen molar-refractivity contribution in [2.75, 3.05) is 18.5 Å². The van der Waals surface area contributed by atoms with Gasteiger partial charge in [0.25, 0.3) is 0 Å². The second-order valence-corrected chi connectivity index (χ2v) is 7.20. The Morgan fingerprint density at radius 1 is 1.00 bits per heavy atom. The van der Waals surface area contributed by atoms with Crippen molar-refractivity contribution < 1.29 is 19.1 Å². The number of ether oxygens (including phenoxy) is 2. The average molecular weight is 441 g/mol. The molecule has 0 unspecified atom stereocenters. The maximum absolute atomic E-state index is 12.0. The van der Waals surface area contributed by atoms with E-state index in [0.29, 0.717) is 25.4 Å². The van der Waals surface area contributed by atoms with E-state index in [0.717, 1.165) is 18.5 Å². The first kappa shape index (κ1) is 24.1. The Hall–Kier alpha value is -3.19. The predicted molar refractivity (Wildman–Crippen MR) is 126 cm³/mol. The van der Waals surface area contributed by atoms with Crippen molar-refractivity contribution in [3.63, 3.8) is 0 Å². The fourth-order valence-corrected chi connectivity index (χ4v) is 2.95. The summed E-state index contributed by atoms with van der Waals surface area (Å²) in [5.74, 6) is 0.174. The molecule has 0 aromatic heterocycles. The van der Waals surface area contributed by atoms with Crippen molar-refractivity contribution in [2.24, 2.45) is 0 Å². The summed E-state index contributed by atoms with van der Waals surface area (Å²) in [6.45, 7) is 4.41. The molecule has 0 bridgehead atoms. The van der Waals surface area contributed by atoms with Crippen LogP contribution in [0.2, 0.25) is 0 Å². The van der Waals surface area contributed by atoms with Crippen LogP contribution in [-0.4, -0.2) is 30.2 Å². The third-order valence-corrected chi connectivity index (χ3v) is 4.44. The predicted octanol–water partition coefficient (Wildman–Crippen LogP) is 4.41. The van der Waals surface area contributed by atoms with Gasteiger partial charge in [0.15, 0.2) is 5.11 Å². The van der Waals surface area contributed by atoms with Crippen molar-refractivity contribution in [3.8, 4) is 5.75 Å². The zero-order valence-electron chi connectivity index (χ0n) is 17.5. The van der Waals surface area contributed by atoms with Gasteiger partial charge >= 0.3 is 5.97 Å². The monoisotopic (exact) mass is 440 g/mol. The van der Waals surface area contributed by atoms with Crippen LogP contribution < -0.4 is 15.4 Å². The van der Waals surface area contributed by atoms with Crippen LogP contribution >= 0.6 is 12.2 Å². The summed E-state index contributed by atoms with van der Waals surface area (Å²) in [5, 5.41) is 5.74. The van der Waals surface area contributed by atoms with Crippen molar-refractivity contribution >= 4 is 34.9 Å². The molecule has 0 saturated carbocycles. The number of nitrogens with one attached hydrogen (secondary N) is 2. The number of esters is 1. The van der Waals surface area contributed by atoms with Crippen molar-refractivity contribution in [3.05, 3.63) is 72.8 Å². The fourth-order valence-electron chi connectivity index (χ4n) is 2.71. The van der Waals surface area contributed by atoms with Crippen LogP contribution in [0.1, 0.15) is 31.2 Å². The van der Waals surface area contributed by atoms with Gasteiger partial charge in [0.05, 0.1) is 6.61 Å². The molecule has 0 aliphatic carbocycles. The summed E-state index contributed by atoms with van der Waals surface area (Å²) >= 11 is 5.15. The largest absolute Gasteiger partial charge is 0.490 e. The molecule has 1 amide bonds. The Labute approximate surface area is 188 Å². The molecule has 2 aromatic rings. The van der Waals surface area contributed by atoms with Crippen LogP contribution in [0.25, 0.3) is 0 Å². The lowest BCUT2D eigenvalue weighted by atomic mass is 10.1. The molecule has 164 valence electrons. The number of thiocarbonyl (C=S) groups is 1. The number of anilines is 1. The second-order valence-electron chi connectivity index (χ2n) is 6.79. The lowest BCUT2D eigenvalue weighted by molar-refractivity contribution is -0.143. The fraction of sp³-hybridized carbons (Fsp3) is 0.292. The first-order chi connectivity index (χ1) is 15.1. The minimum absolute atomic E-state index is 0.190. The first-order valence-corrected chi connectivity index (χ1v) is 10.6. The van der Waals surface area contributed by atoms with E-state index < -0.39 is 0 Å². The molecule has 0 saturated heterocycles. The number of hydrogen-bond acceptors (Lipinski definition) is 5. The lowest BCUT2D eigenvalue weighted by Gasteiger charge is -2.10. The standard InChI is InChI=1S/C24H28N2O4S/c1-2-17-29-21-15-13-20(14-16-21)25-24(31)26-22(27)11-6-12-23(28)30-18-7-10-19-8-4-3-5-9-19/h2-5,8-9,13-16H,1,6-7,10-12,17-18H2,(H2,25,26,27,31). The van der Waals surface area contributed by atoms with E-state index in [2.05, 4.69) is 17.2 Å². The van der Waals surface area contributed by atoms with E-state index in [4.69, 9.17) is 21.7 Å². The summed E-state index contributed by atoms with van der Waals surface area (Å²) in [7, 11) is 0. The molecule has 7 heteroatoms. The summed E-state index contributed by atoms with van der Waals surface area (Å²) in [4.78, 5) is 23.8. The molecule has 0 heterocycles. The number of aryl methyl sites for hydroxylation is 1. The average Bonchev–Trinajstić information content (AvgIpc) is 2.77. The maximum atomic E-state index is 12.0. The molecule has 0 radical (unpaired) electrons. The molecular weight excluding hydrogens is 412 g/mol. The number of benzene rings is 2. The van der Waals surface area contributed by atoms with E-state index in [9.17, 15) is 9.59 Å². The highest BCUT2D eigenvalue weighted by molar-refractivity contribution is 7.80. The van der Waals surface area contributed by atoms with Crippen molar-refractivity contribution in [1.82, 2.24) is 5.32 Å². The Morgan fingerprint density at radius 3 is 2.45 bits per heavy atom. The maximum Gasteiger partial charge on any atom is 0.305 e. The molecule has 0 aliphatic heterocycles. The quantitative estimate of drug-likeness (QED) is 0.220. The van der Waals surface area contributed by atoms with Gasteiger partial charge in [-0.25, -0.2) is 0 Å². The minimum Gasteiger partial charge on any atom is -0.490 e. The van der Waals surface area contributed by atoms with E-state index in [1.165, 1.54) is 5.56 Å². The molecule has 0 spiro atoms. The topological polar surface area (TPSA) is 76.7 Å². The molecular formula is C24H28N2O4S. The summed E-state index contributed by atoms with van der Waals surface area (Å²) in [6, 6.07) is 17.2. The summed E-state index contributed by atoms with van der Waals surface area (Å²) < 4.78 is 10.6. The molecule has 0 atom stereocenters. The zero-order valence-corrected chi connectivity index (χ0v) is 18.3. The van der Waals surface area contributed by atoms with Gasteiger partial charge in [0.2, 0.25) is 5.91 Å². The Kier molecular flexibility index (Phi) is 10.8. The minimum atomic E-state index is -0.291. The van der Waals surface area contributed by atoms with Gasteiger partial charge in [0.1, 0.15) is 12.4 Å². The van der Waals surface area contributed by atoms with Crippen molar-refractivity contribution in [1.29, 1.82) is 0 Å². The van der Waals surface area contributed by atoms with Gasteiger partial charge in [-0.2, -0.15) is 0 Å². The smallest absolute Gasteiger partial charge is 0.305 e. The number of carbonyl (C=O) groups excluding carboxylic acids is 2. The highest BCUT2D eigenvalue weighted by atomic mass is 32.1. The van der Waals surface area contributed by atoms with E-state index >= 15 is 0 Å². The zero-order chi connectivity index (χ0) is 22.3. The van der Waals surface area contributed by atoms with E-state index in [1.54, 1.807) is 30.3 Å². The molecule has 0 aliphatic rings. The molecule has 31 heavy (non-hydrogen) atoms. The molecule has 0 fully saturated rings. The Morgan fingerprint density at radius 2 is 1.74 bits per heavy atom. The van der Waals surface area contributed by atoms with Gasteiger partial charge in [0, 0.05) is 18.5 Å². The number of hydrogen-bond donors (Lipinski definition) is 2. The highest BCUT2D eigenvalue weighted by Crippen LogP contribution is 2.15. The first-order valence-electron chi connectivity index (χ1n) is 10.2.